The Morgan fingerprint density at radius 3 is 2.38 bits per heavy atom. The van der Waals surface area contributed by atoms with E-state index in [2.05, 4.69) is 77.7 Å². The fraction of sp³-hybridized carbons (Fsp3) is 0.238. The molecule has 0 aliphatic heterocycles. The van der Waals surface area contributed by atoms with Crippen molar-refractivity contribution in [3.63, 3.8) is 0 Å². The Balaban J connectivity index is 1.83. The van der Waals surface area contributed by atoms with Crippen LogP contribution in [0.15, 0.2) is 78.9 Å². The highest BCUT2D eigenvalue weighted by molar-refractivity contribution is 5.65. The van der Waals surface area contributed by atoms with Gasteiger partial charge in [0, 0.05) is 11.4 Å². The number of para-hydroxylation sites is 1. The first kappa shape index (κ1) is 16.5. The van der Waals surface area contributed by atoms with Crippen LogP contribution in [0.3, 0.4) is 0 Å². The Morgan fingerprint density at radius 1 is 0.958 bits per heavy atom. The fourth-order valence-corrected chi connectivity index (χ4v) is 2.89. The summed E-state index contributed by atoms with van der Waals surface area (Å²) in [6.07, 6.45) is 9.65. The zero-order chi connectivity index (χ0) is 16.6. The van der Waals surface area contributed by atoms with E-state index in [9.17, 15) is 0 Å². The summed E-state index contributed by atoms with van der Waals surface area (Å²) in [7, 11) is 0. The van der Waals surface area contributed by atoms with Crippen LogP contribution in [0.1, 0.15) is 12.0 Å². The van der Waals surface area contributed by atoms with Gasteiger partial charge in [-0.3, -0.25) is 0 Å². The molecule has 0 spiro atoms. The van der Waals surface area contributed by atoms with Crippen LogP contribution in [0.5, 0.6) is 0 Å². The summed E-state index contributed by atoms with van der Waals surface area (Å²) in [5.74, 6) is 0. The molecule has 1 aliphatic carbocycles. The fourth-order valence-electron chi connectivity index (χ4n) is 2.89. The number of benzene rings is 2. The highest BCUT2D eigenvalue weighted by Crippen LogP contribution is 2.30. The minimum absolute atomic E-state index is 0.0569. The third kappa shape index (κ3) is 4.13. The van der Waals surface area contributed by atoms with Gasteiger partial charge in [0.05, 0.1) is 25.9 Å². The molecule has 0 aromatic heterocycles. The Morgan fingerprint density at radius 2 is 1.71 bits per heavy atom. The molecule has 0 saturated carbocycles. The monoisotopic (exact) mass is 321 g/mol. The molecule has 3 heteroatoms. The van der Waals surface area contributed by atoms with Gasteiger partial charge in [0.1, 0.15) is 0 Å². The Bertz CT molecular complexity index is 677. The van der Waals surface area contributed by atoms with Gasteiger partial charge in [-0.05, 0) is 36.2 Å². The van der Waals surface area contributed by atoms with Gasteiger partial charge in [-0.25, -0.2) is 0 Å². The van der Waals surface area contributed by atoms with E-state index in [1.807, 2.05) is 6.07 Å². The Hall–Kier alpha value is -2.36. The molecule has 0 radical (unpaired) electrons. The molecule has 1 N–H and O–H groups in total. The average Bonchev–Trinajstić information content (AvgIpc) is 2.65. The highest BCUT2D eigenvalue weighted by Gasteiger charge is 2.18. The normalized spacial score (nSPS) is 16.3. The molecule has 2 aromatic carbocycles. The maximum absolute atomic E-state index is 8.79. The van der Waals surface area contributed by atoms with E-state index < -0.39 is 0 Å². The Labute approximate surface area is 143 Å². The van der Waals surface area contributed by atoms with Gasteiger partial charge in [0.15, 0.2) is 0 Å². The lowest BCUT2D eigenvalue weighted by atomic mass is 10.0. The molecule has 0 bridgehead atoms. The molecule has 0 amide bonds. The average molecular weight is 321 g/mol. The minimum Gasteiger partial charge on any atom is -0.394 e. The summed E-state index contributed by atoms with van der Waals surface area (Å²) in [6, 6.07) is 19.2. The molecule has 24 heavy (non-hydrogen) atoms. The molecule has 2 aromatic rings. The molecular formula is C21H23NO2. The van der Waals surface area contributed by atoms with Crippen molar-refractivity contribution < 1.29 is 9.84 Å². The molecule has 1 unspecified atom stereocenters. The van der Waals surface area contributed by atoms with Gasteiger partial charge < -0.3 is 14.7 Å². The van der Waals surface area contributed by atoms with Crippen molar-refractivity contribution in [1.29, 1.82) is 0 Å². The van der Waals surface area contributed by atoms with Crippen molar-refractivity contribution in [3.05, 3.63) is 84.5 Å². The van der Waals surface area contributed by atoms with Crippen molar-refractivity contribution in [1.82, 2.24) is 0 Å². The second-order valence-electron chi connectivity index (χ2n) is 5.76. The van der Waals surface area contributed by atoms with Crippen molar-refractivity contribution in [2.75, 3.05) is 18.1 Å². The molecular weight excluding hydrogens is 298 g/mol. The molecule has 0 fully saturated rings. The third-order valence-electron chi connectivity index (χ3n) is 4.04. The summed E-state index contributed by atoms with van der Waals surface area (Å²) in [6.45, 7) is 0.955. The minimum atomic E-state index is 0.0569. The summed E-state index contributed by atoms with van der Waals surface area (Å²) < 4.78 is 5.39. The van der Waals surface area contributed by atoms with Crippen LogP contribution in [-0.2, 0) is 11.3 Å². The number of hydrogen-bond donors (Lipinski definition) is 1. The summed E-state index contributed by atoms with van der Waals surface area (Å²) >= 11 is 0. The molecule has 124 valence electrons. The van der Waals surface area contributed by atoms with Crippen LogP contribution < -0.4 is 4.90 Å². The third-order valence-corrected chi connectivity index (χ3v) is 4.04. The maximum Gasteiger partial charge on any atom is 0.0718 e. The van der Waals surface area contributed by atoms with Crippen LogP contribution >= 0.6 is 0 Å². The van der Waals surface area contributed by atoms with Gasteiger partial charge in [-0.1, -0.05) is 54.6 Å². The van der Waals surface area contributed by atoms with Crippen molar-refractivity contribution >= 4 is 11.4 Å². The van der Waals surface area contributed by atoms with Crippen LogP contribution in [-0.4, -0.2) is 24.4 Å². The quantitative estimate of drug-likeness (QED) is 0.775. The maximum atomic E-state index is 8.79. The number of anilines is 2. The number of aliphatic hydroxyl groups is 1. The van der Waals surface area contributed by atoms with Crippen LogP contribution in [0.4, 0.5) is 11.4 Å². The number of rotatable bonds is 7. The standard InChI is InChI=1S/C21H23NO2/c23-15-16-24-17-18-11-13-21(14-12-18)22(19-7-3-1-4-8-19)20-9-5-2-6-10-20/h1-9,11-14,20,23H,10,15-17H2. The lowest BCUT2D eigenvalue weighted by molar-refractivity contribution is 0.0815. The highest BCUT2D eigenvalue weighted by atomic mass is 16.5. The van der Waals surface area contributed by atoms with E-state index >= 15 is 0 Å². The molecule has 0 heterocycles. The molecule has 3 rings (SSSR count). The van der Waals surface area contributed by atoms with E-state index in [-0.39, 0.29) is 6.61 Å². The number of allylic oxidation sites excluding steroid dienone is 2. The zero-order valence-electron chi connectivity index (χ0n) is 13.7. The summed E-state index contributed by atoms with van der Waals surface area (Å²) in [5.41, 5.74) is 3.46. The van der Waals surface area contributed by atoms with Crippen molar-refractivity contribution in [2.45, 2.75) is 19.1 Å². The second-order valence-corrected chi connectivity index (χ2v) is 5.76. The number of nitrogens with zero attached hydrogens (tertiary/aromatic N) is 1. The van der Waals surface area contributed by atoms with Crippen LogP contribution in [0.2, 0.25) is 0 Å². The van der Waals surface area contributed by atoms with Gasteiger partial charge in [-0.2, -0.15) is 0 Å². The number of aliphatic hydroxyl groups excluding tert-OH is 1. The molecule has 0 saturated heterocycles. The summed E-state index contributed by atoms with van der Waals surface area (Å²) in [4.78, 5) is 2.36. The number of hydrogen-bond acceptors (Lipinski definition) is 3. The first-order valence-corrected chi connectivity index (χ1v) is 8.33. The van der Waals surface area contributed by atoms with Crippen molar-refractivity contribution in [3.8, 4) is 0 Å². The largest absolute Gasteiger partial charge is 0.394 e. The van der Waals surface area contributed by atoms with Gasteiger partial charge in [0.25, 0.3) is 0 Å². The van der Waals surface area contributed by atoms with Gasteiger partial charge >= 0.3 is 0 Å². The first-order valence-electron chi connectivity index (χ1n) is 8.33. The topological polar surface area (TPSA) is 32.7 Å². The van der Waals surface area contributed by atoms with Crippen molar-refractivity contribution in [2.24, 2.45) is 0 Å². The second kappa shape index (κ2) is 8.48. The van der Waals surface area contributed by atoms with E-state index in [0.717, 1.165) is 17.7 Å². The predicted octanol–water partition coefficient (Wildman–Crippen LogP) is 4.22. The lowest BCUT2D eigenvalue weighted by Gasteiger charge is -2.32. The van der Waals surface area contributed by atoms with Gasteiger partial charge in [-0.15, -0.1) is 0 Å². The summed E-state index contributed by atoms with van der Waals surface area (Å²) in [5, 5.41) is 8.79. The van der Waals surface area contributed by atoms with E-state index in [1.165, 1.54) is 5.69 Å². The van der Waals surface area contributed by atoms with E-state index in [1.54, 1.807) is 0 Å². The molecule has 3 nitrogen and oxygen atoms in total. The smallest absolute Gasteiger partial charge is 0.0718 e. The lowest BCUT2D eigenvalue weighted by Crippen LogP contribution is -2.29. The zero-order valence-corrected chi connectivity index (χ0v) is 13.7. The van der Waals surface area contributed by atoms with E-state index in [0.29, 0.717) is 19.3 Å². The number of ether oxygens (including phenoxy) is 1. The molecule has 1 atom stereocenters. The predicted molar refractivity (Wildman–Crippen MR) is 98.4 cm³/mol. The first-order chi connectivity index (χ1) is 11.9. The Kier molecular flexibility index (Phi) is 5.83. The molecule has 1 aliphatic rings. The van der Waals surface area contributed by atoms with Crippen LogP contribution in [0, 0.1) is 0 Å². The van der Waals surface area contributed by atoms with Gasteiger partial charge in [0.2, 0.25) is 0 Å². The van der Waals surface area contributed by atoms with Crippen LogP contribution in [0.25, 0.3) is 0 Å². The SMILES string of the molecule is OCCOCc1ccc(N(c2ccccc2)C2C=CC=CC2)cc1. The van der Waals surface area contributed by atoms with E-state index in [4.69, 9.17) is 9.84 Å².